The molecule has 0 fully saturated rings. The van der Waals surface area contributed by atoms with Crippen molar-refractivity contribution in [2.24, 2.45) is 4.99 Å². The van der Waals surface area contributed by atoms with Crippen molar-refractivity contribution in [2.45, 2.75) is 32.7 Å². The number of hydrogen-bond donors (Lipinski definition) is 3. The van der Waals surface area contributed by atoms with E-state index in [1.165, 1.54) is 24.3 Å². The normalized spacial score (nSPS) is 13.0. The van der Waals surface area contributed by atoms with E-state index in [1.54, 1.807) is 7.11 Å². The summed E-state index contributed by atoms with van der Waals surface area (Å²) in [6.07, 6.45) is -1.06. The van der Waals surface area contributed by atoms with Gasteiger partial charge in [0.25, 0.3) is 0 Å². The number of guanidine groups is 1. The average Bonchev–Trinajstić information content (AvgIpc) is 2.76. The van der Waals surface area contributed by atoms with Crippen LogP contribution in [0.1, 0.15) is 25.5 Å². The number of hydrogen-bond acceptors (Lipinski definition) is 5. The number of aliphatic hydroxyl groups excluding tert-OH is 1. The van der Waals surface area contributed by atoms with E-state index < -0.39 is 12.7 Å². The summed E-state index contributed by atoms with van der Waals surface area (Å²) in [7, 11) is 1.59. The number of methoxy groups -OCH3 is 1. The maximum absolute atomic E-state index is 12.2. The zero-order chi connectivity index (χ0) is 22.6. The second-order valence-electron chi connectivity index (χ2n) is 6.64. The third kappa shape index (κ3) is 9.43. The van der Waals surface area contributed by atoms with E-state index in [2.05, 4.69) is 20.4 Å². The quantitative estimate of drug-likeness (QED) is 0.217. The number of nitrogens with one attached hydrogen (secondary N) is 2. The Labute approximate surface area is 204 Å². The summed E-state index contributed by atoms with van der Waals surface area (Å²) in [5.41, 5.74) is 0.550. The van der Waals surface area contributed by atoms with Gasteiger partial charge in [-0.3, -0.25) is 4.99 Å². The van der Waals surface area contributed by atoms with Crippen LogP contribution in [0.15, 0.2) is 53.5 Å². The maximum Gasteiger partial charge on any atom is 0.387 e. The Morgan fingerprint density at radius 1 is 1.03 bits per heavy atom. The first-order valence-electron chi connectivity index (χ1n) is 9.97. The van der Waals surface area contributed by atoms with Gasteiger partial charge in [-0.05, 0) is 43.7 Å². The number of halogens is 3. The van der Waals surface area contributed by atoms with Crippen molar-refractivity contribution in [3.63, 3.8) is 0 Å². The largest absolute Gasteiger partial charge is 0.493 e. The highest BCUT2D eigenvalue weighted by molar-refractivity contribution is 14.0. The molecule has 0 amide bonds. The van der Waals surface area contributed by atoms with Crippen molar-refractivity contribution in [3.8, 4) is 17.2 Å². The van der Waals surface area contributed by atoms with Crippen LogP contribution in [0.3, 0.4) is 0 Å². The Morgan fingerprint density at radius 3 is 2.28 bits per heavy atom. The Hall–Kier alpha value is -2.34. The minimum Gasteiger partial charge on any atom is -0.493 e. The highest BCUT2D eigenvalue weighted by Crippen LogP contribution is 2.26. The number of benzene rings is 2. The molecule has 0 aromatic heterocycles. The molecule has 0 aliphatic rings. The molecule has 10 heteroatoms. The van der Waals surface area contributed by atoms with Crippen LogP contribution in [0.25, 0.3) is 0 Å². The molecule has 32 heavy (non-hydrogen) atoms. The lowest BCUT2D eigenvalue weighted by Gasteiger charge is -2.19. The topological polar surface area (TPSA) is 84.3 Å². The summed E-state index contributed by atoms with van der Waals surface area (Å²) in [6, 6.07) is 13.2. The molecular weight excluding hydrogens is 535 g/mol. The van der Waals surface area contributed by atoms with Gasteiger partial charge in [0, 0.05) is 6.54 Å². The number of para-hydroxylation sites is 2. The van der Waals surface area contributed by atoms with Crippen LogP contribution >= 0.6 is 24.0 Å². The summed E-state index contributed by atoms with van der Waals surface area (Å²) in [6.45, 7) is 2.17. The number of ether oxygens (including phenoxy) is 3. The van der Waals surface area contributed by atoms with Crippen LogP contribution in [-0.2, 0) is 0 Å². The molecule has 2 rings (SSSR count). The Morgan fingerprint density at radius 2 is 1.69 bits per heavy atom. The molecule has 0 aliphatic heterocycles. The Kier molecular flexibility index (Phi) is 12.7. The van der Waals surface area contributed by atoms with Crippen LogP contribution in [0, 0.1) is 0 Å². The molecule has 3 N–H and O–H groups in total. The van der Waals surface area contributed by atoms with E-state index in [4.69, 9.17) is 9.47 Å². The van der Waals surface area contributed by atoms with Crippen molar-refractivity contribution in [1.82, 2.24) is 10.6 Å². The summed E-state index contributed by atoms with van der Waals surface area (Å²) in [4.78, 5) is 4.39. The number of aliphatic imine (C=N–C) groups is 1. The molecule has 2 aromatic carbocycles. The molecule has 2 unspecified atom stereocenters. The fourth-order valence-electron chi connectivity index (χ4n) is 2.71. The first-order valence-corrected chi connectivity index (χ1v) is 9.97. The van der Waals surface area contributed by atoms with Gasteiger partial charge in [-0.1, -0.05) is 24.3 Å². The number of rotatable bonds is 11. The van der Waals surface area contributed by atoms with E-state index in [-0.39, 0.29) is 42.4 Å². The van der Waals surface area contributed by atoms with Crippen molar-refractivity contribution >= 4 is 29.9 Å². The van der Waals surface area contributed by atoms with E-state index in [1.807, 2.05) is 38.1 Å². The van der Waals surface area contributed by atoms with Gasteiger partial charge in [0.15, 0.2) is 17.5 Å². The minimum absolute atomic E-state index is 0. The number of nitrogens with zero attached hydrogens (tertiary/aromatic N) is 1. The summed E-state index contributed by atoms with van der Waals surface area (Å²) in [5, 5.41) is 16.6. The second-order valence-corrected chi connectivity index (χ2v) is 6.64. The molecule has 7 nitrogen and oxygen atoms in total. The van der Waals surface area contributed by atoms with Crippen molar-refractivity contribution in [1.29, 1.82) is 0 Å². The fourth-order valence-corrected chi connectivity index (χ4v) is 2.71. The lowest BCUT2D eigenvalue weighted by atomic mass is 10.1. The Balaban J connectivity index is 0.00000512. The molecule has 0 heterocycles. The monoisotopic (exact) mass is 565 g/mol. The van der Waals surface area contributed by atoms with Gasteiger partial charge in [0.05, 0.1) is 26.3 Å². The van der Waals surface area contributed by atoms with Gasteiger partial charge in [-0.2, -0.15) is 8.78 Å². The van der Waals surface area contributed by atoms with Gasteiger partial charge < -0.3 is 30.0 Å². The molecule has 0 spiro atoms. The lowest BCUT2D eigenvalue weighted by Crippen LogP contribution is -2.42. The molecule has 178 valence electrons. The summed E-state index contributed by atoms with van der Waals surface area (Å²) >= 11 is 0. The first kappa shape index (κ1) is 27.7. The molecule has 2 aromatic rings. The molecule has 2 atom stereocenters. The summed E-state index contributed by atoms with van der Waals surface area (Å²) in [5.74, 6) is 1.86. The average molecular weight is 565 g/mol. The van der Waals surface area contributed by atoms with Crippen LogP contribution in [-0.4, -0.2) is 50.5 Å². The van der Waals surface area contributed by atoms with Crippen molar-refractivity contribution in [2.75, 3.05) is 26.7 Å². The van der Waals surface area contributed by atoms with Crippen LogP contribution in [0.4, 0.5) is 8.78 Å². The summed E-state index contributed by atoms with van der Waals surface area (Å²) < 4.78 is 40.0. The van der Waals surface area contributed by atoms with Crippen LogP contribution in [0.5, 0.6) is 17.2 Å². The SMILES string of the molecule is CCNC(=NCC(O)c1ccc(OC(F)F)cc1)NCC(C)Oc1ccccc1OC.I. The number of alkyl halides is 2. The molecule has 0 radical (unpaired) electrons. The highest BCUT2D eigenvalue weighted by Gasteiger charge is 2.12. The van der Waals surface area contributed by atoms with Gasteiger partial charge in [-0.25, -0.2) is 0 Å². The molecular formula is C22H30F2IN3O4. The third-order valence-corrected chi connectivity index (χ3v) is 4.21. The van der Waals surface area contributed by atoms with Gasteiger partial charge >= 0.3 is 6.61 Å². The second kappa shape index (κ2) is 14.7. The number of aliphatic hydroxyl groups is 1. The highest BCUT2D eigenvalue weighted by atomic mass is 127. The van der Waals surface area contributed by atoms with Gasteiger partial charge in [0.2, 0.25) is 0 Å². The maximum atomic E-state index is 12.2. The standard InChI is InChI=1S/C22H29F2N3O4.HI/c1-4-25-22(26-13-15(2)30-20-8-6-5-7-19(20)29-3)27-14-18(28)16-9-11-17(12-10-16)31-21(23)24;/h5-12,15,18,21,28H,4,13-14H2,1-3H3,(H2,25,26,27);1H. The van der Waals surface area contributed by atoms with E-state index in [0.717, 1.165) is 0 Å². The van der Waals surface area contributed by atoms with E-state index >= 15 is 0 Å². The minimum atomic E-state index is -2.89. The third-order valence-electron chi connectivity index (χ3n) is 4.21. The predicted octanol–water partition coefficient (Wildman–Crippen LogP) is 3.97. The van der Waals surface area contributed by atoms with E-state index in [9.17, 15) is 13.9 Å². The van der Waals surface area contributed by atoms with Crippen LogP contribution in [0.2, 0.25) is 0 Å². The lowest BCUT2D eigenvalue weighted by molar-refractivity contribution is -0.0498. The predicted molar refractivity (Wildman–Crippen MR) is 131 cm³/mol. The van der Waals surface area contributed by atoms with E-state index in [0.29, 0.717) is 36.1 Å². The van der Waals surface area contributed by atoms with Crippen molar-refractivity contribution < 1.29 is 28.1 Å². The van der Waals surface area contributed by atoms with Gasteiger partial charge in [-0.15, -0.1) is 24.0 Å². The van der Waals surface area contributed by atoms with Crippen molar-refractivity contribution in [3.05, 3.63) is 54.1 Å². The first-order chi connectivity index (χ1) is 14.9. The van der Waals surface area contributed by atoms with Crippen LogP contribution < -0.4 is 24.8 Å². The molecule has 0 saturated heterocycles. The Bertz CT molecular complexity index is 825. The van der Waals surface area contributed by atoms with Gasteiger partial charge in [0.1, 0.15) is 11.9 Å². The fraction of sp³-hybridized carbons (Fsp3) is 0.409. The smallest absolute Gasteiger partial charge is 0.387 e. The molecule has 0 aliphatic carbocycles. The molecule has 0 bridgehead atoms. The zero-order valence-electron chi connectivity index (χ0n) is 18.3. The zero-order valence-corrected chi connectivity index (χ0v) is 20.6. The molecule has 0 saturated carbocycles.